The van der Waals surface area contributed by atoms with Crippen LogP contribution in [0.5, 0.6) is 0 Å². The van der Waals surface area contributed by atoms with Crippen LogP contribution in [0.4, 0.5) is 8.78 Å². The van der Waals surface area contributed by atoms with Gasteiger partial charge in [0, 0.05) is 18.4 Å². The number of halogens is 2. The van der Waals surface area contributed by atoms with Crippen LogP contribution in [0.3, 0.4) is 0 Å². The molecule has 0 radical (unpaired) electrons. The van der Waals surface area contributed by atoms with Gasteiger partial charge in [0.2, 0.25) is 10.0 Å². The minimum atomic E-state index is -4.15. The Kier molecular flexibility index (Phi) is 4.10. The largest absolute Gasteiger partial charge is 0.265 e. The molecule has 2 aromatic rings. The molecule has 1 heterocycles. The molecule has 0 bridgehead atoms. The van der Waals surface area contributed by atoms with Gasteiger partial charge in [-0.3, -0.25) is 4.98 Å². The molecule has 106 valence electrons. The van der Waals surface area contributed by atoms with E-state index in [-0.39, 0.29) is 0 Å². The minimum Gasteiger partial charge on any atom is -0.265 e. The van der Waals surface area contributed by atoms with Gasteiger partial charge in [-0.25, -0.2) is 21.9 Å². The van der Waals surface area contributed by atoms with E-state index in [0.29, 0.717) is 11.6 Å². The summed E-state index contributed by atoms with van der Waals surface area (Å²) in [6, 6.07) is 4.97. The van der Waals surface area contributed by atoms with Crippen LogP contribution in [0.25, 0.3) is 0 Å². The summed E-state index contributed by atoms with van der Waals surface area (Å²) in [7, 11) is -4.15. The molecule has 2 rings (SSSR count). The molecular weight excluding hydrogens is 286 g/mol. The maximum atomic E-state index is 13.5. The second-order valence-corrected chi connectivity index (χ2v) is 5.88. The topological polar surface area (TPSA) is 59.1 Å². The summed E-state index contributed by atoms with van der Waals surface area (Å²) in [5.41, 5.74) is 0.667. The summed E-state index contributed by atoms with van der Waals surface area (Å²) in [6.07, 6.45) is 3.03. The molecule has 0 amide bonds. The average Bonchev–Trinajstić information content (AvgIpc) is 2.42. The van der Waals surface area contributed by atoms with Crippen molar-refractivity contribution in [3.8, 4) is 0 Å². The van der Waals surface area contributed by atoms with Crippen molar-refractivity contribution in [2.24, 2.45) is 0 Å². The van der Waals surface area contributed by atoms with Gasteiger partial charge >= 0.3 is 0 Å². The summed E-state index contributed by atoms with van der Waals surface area (Å²) < 4.78 is 53.0. The Balaban J connectivity index is 2.30. The van der Waals surface area contributed by atoms with Crippen molar-refractivity contribution in [2.75, 3.05) is 0 Å². The van der Waals surface area contributed by atoms with E-state index in [0.717, 1.165) is 12.1 Å². The lowest BCUT2D eigenvalue weighted by Gasteiger charge is -2.14. The van der Waals surface area contributed by atoms with Crippen molar-refractivity contribution >= 4 is 10.0 Å². The highest BCUT2D eigenvalue weighted by Gasteiger charge is 2.22. The number of nitrogens with one attached hydrogen (secondary N) is 1. The zero-order chi connectivity index (χ0) is 14.8. The molecule has 4 nitrogen and oxygen atoms in total. The first kappa shape index (κ1) is 14.5. The molecule has 0 aliphatic carbocycles. The van der Waals surface area contributed by atoms with Crippen LogP contribution in [0, 0.1) is 11.6 Å². The number of aromatic nitrogens is 1. The number of hydrogen-bond donors (Lipinski definition) is 1. The smallest absolute Gasteiger partial charge is 0.244 e. The van der Waals surface area contributed by atoms with Crippen molar-refractivity contribution in [1.29, 1.82) is 0 Å². The van der Waals surface area contributed by atoms with Crippen LogP contribution in [0.15, 0.2) is 47.6 Å². The van der Waals surface area contributed by atoms with Gasteiger partial charge in [-0.1, -0.05) is 0 Å². The highest BCUT2D eigenvalue weighted by molar-refractivity contribution is 7.89. The van der Waals surface area contributed by atoms with Crippen molar-refractivity contribution < 1.29 is 17.2 Å². The van der Waals surface area contributed by atoms with Crippen LogP contribution >= 0.6 is 0 Å². The average molecular weight is 298 g/mol. The van der Waals surface area contributed by atoms with E-state index >= 15 is 0 Å². The molecular formula is C13H12F2N2O2S. The third kappa shape index (κ3) is 3.17. The quantitative estimate of drug-likeness (QED) is 0.943. The van der Waals surface area contributed by atoms with Gasteiger partial charge in [-0.05, 0) is 42.8 Å². The molecule has 7 heteroatoms. The molecule has 1 atom stereocenters. The minimum absolute atomic E-state index is 0.592. The lowest BCUT2D eigenvalue weighted by atomic mass is 10.1. The molecule has 1 aromatic heterocycles. The van der Waals surface area contributed by atoms with Gasteiger partial charge in [0.15, 0.2) is 0 Å². The summed E-state index contributed by atoms with van der Waals surface area (Å²) in [5.74, 6) is -1.82. The Labute approximate surface area is 115 Å². The Morgan fingerprint density at radius 1 is 1.15 bits per heavy atom. The monoisotopic (exact) mass is 298 g/mol. The van der Waals surface area contributed by atoms with Crippen molar-refractivity contribution in [3.63, 3.8) is 0 Å². The second-order valence-electron chi connectivity index (χ2n) is 4.20. The normalized spacial score (nSPS) is 13.2. The number of sulfonamides is 1. The fourth-order valence-corrected chi connectivity index (χ4v) is 3.02. The maximum absolute atomic E-state index is 13.5. The molecule has 0 fully saturated rings. The number of benzene rings is 1. The molecule has 1 N–H and O–H groups in total. The third-order valence-electron chi connectivity index (χ3n) is 2.72. The lowest BCUT2D eigenvalue weighted by Crippen LogP contribution is -2.27. The lowest BCUT2D eigenvalue weighted by molar-refractivity contribution is 0.538. The zero-order valence-corrected chi connectivity index (χ0v) is 11.4. The second kappa shape index (κ2) is 5.64. The predicted molar refractivity (Wildman–Crippen MR) is 69.3 cm³/mol. The standard InChI is InChI=1S/C13H12F2N2O2S/c1-9(10-4-6-16-7-5-10)17-20(18,19)13-8-11(14)2-3-12(13)15/h2-9,17H,1H3/t9-/m1/s1. The first-order chi connectivity index (χ1) is 9.40. The molecule has 0 saturated heterocycles. The zero-order valence-electron chi connectivity index (χ0n) is 10.5. The van der Waals surface area contributed by atoms with Crippen molar-refractivity contribution in [2.45, 2.75) is 17.9 Å². The number of rotatable bonds is 4. The van der Waals surface area contributed by atoms with Gasteiger partial charge in [0.25, 0.3) is 0 Å². The summed E-state index contributed by atoms with van der Waals surface area (Å²) in [6.45, 7) is 1.60. The third-order valence-corrected chi connectivity index (χ3v) is 4.28. The summed E-state index contributed by atoms with van der Waals surface area (Å²) in [4.78, 5) is 3.11. The first-order valence-corrected chi connectivity index (χ1v) is 7.26. The van der Waals surface area contributed by atoms with Crippen LogP contribution < -0.4 is 4.72 Å². The van der Waals surface area contributed by atoms with Gasteiger partial charge < -0.3 is 0 Å². The van der Waals surface area contributed by atoms with Crippen LogP contribution in [-0.2, 0) is 10.0 Å². The van der Waals surface area contributed by atoms with E-state index in [9.17, 15) is 17.2 Å². The van der Waals surface area contributed by atoms with E-state index in [1.165, 1.54) is 12.4 Å². The van der Waals surface area contributed by atoms with Crippen molar-refractivity contribution in [1.82, 2.24) is 9.71 Å². The molecule has 0 saturated carbocycles. The molecule has 0 aliphatic heterocycles. The van der Waals surface area contributed by atoms with E-state index in [1.807, 2.05) is 0 Å². The molecule has 0 aliphatic rings. The predicted octanol–water partition coefficient (Wildman–Crippen LogP) is 2.40. The van der Waals surface area contributed by atoms with E-state index in [2.05, 4.69) is 9.71 Å². The summed E-state index contributed by atoms with van der Waals surface area (Å²) >= 11 is 0. The Hall–Kier alpha value is -1.86. The molecule has 0 spiro atoms. The number of pyridine rings is 1. The highest BCUT2D eigenvalue weighted by atomic mass is 32.2. The van der Waals surface area contributed by atoms with Gasteiger partial charge in [0.05, 0.1) is 0 Å². The maximum Gasteiger partial charge on any atom is 0.244 e. The fourth-order valence-electron chi connectivity index (χ4n) is 1.70. The number of hydrogen-bond acceptors (Lipinski definition) is 3. The van der Waals surface area contributed by atoms with Crippen LogP contribution in [0.1, 0.15) is 18.5 Å². The molecule has 1 aromatic carbocycles. The highest BCUT2D eigenvalue weighted by Crippen LogP contribution is 2.19. The Morgan fingerprint density at radius 3 is 2.45 bits per heavy atom. The van der Waals surface area contributed by atoms with Crippen LogP contribution in [0.2, 0.25) is 0 Å². The van der Waals surface area contributed by atoms with E-state index in [4.69, 9.17) is 0 Å². The van der Waals surface area contributed by atoms with E-state index < -0.39 is 32.6 Å². The van der Waals surface area contributed by atoms with Crippen LogP contribution in [-0.4, -0.2) is 13.4 Å². The molecule has 20 heavy (non-hydrogen) atoms. The first-order valence-electron chi connectivity index (χ1n) is 5.77. The van der Waals surface area contributed by atoms with Gasteiger partial charge in [0.1, 0.15) is 16.5 Å². The summed E-state index contributed by atoms with van der Waals surface area (Å²) in [5, 5.41) is 0. The van der Waals surface area contributed by atoms with Crippen molar-refractivity contribution in [3.05, 3.63) is 59.9 Å². The Bertz CT molecular complexity index is 706. The van der Waals surface area contributed by atoms with Gasteiger partial charge in [-0.15, -0.1) is 0 Å². The Morgan fingerprint density at radius 2 is 1.80 bits per heavy atom. The molecule has 0 unspecified atom stereocenters. The van der Waals surface area contributed by atoms with Gasteiger partial charge in [-0.2, -0.15) is 0 Å². The SMILES string of the molecule is C[C@@H](NS(=O)(=O)c1cc(F)ccc1F)c1ccncc1. The number of nitrogens with zero attached hydrogens (tertiary/aromatic N) is 1. The van der Waals surface area contributed by atoms with E-state index in [1.54, 1.807) is 19.1 Å². The fraction of sp³-hybridized carbons (Fsp3) is 0.154.